The van der Waals surface area contributed by atoms with E-state index in [1.807, 2.05) is 13.8 Å². The number of carboxylic acids is 1. The first-order chi connectivity index (χ1) is 9.13. The molecule has 0 spiro atoms. The Morgan fingerprint density at radius 3 is 2.42 bits per heavy atom. The van der Waals surface area contributed by atoms with Gasteiger partial charge < -0.3 is 14.7 Å². The number of hydrogen-bond acceptors (Lipinski definition) is 3. The number of rotatable bonds is 8. The molecule has 0 aliphatic carbocycles. The van der Waals surface area contributed by atoms with Crippen molar-refractivity contribution in [2.45, 2.75) is 26.3 Å². The van der Waals surface area contributed by atoms with Crippen LogP contribution in [0.5, 0.6) is 5.75 Å². The average Bonchev–Trinajstić information content (AvgIpc) is 2.40. The Morgan fingerprint density at radius 2 is 2.00 bits per heavy atom. The standard InChI is InChI=1S/C14H19NO4/c1-3-9-15(10-16)13(14(17)18)11-5-7-12(8-6-11)19-4-2/h5-8,10,13H,3-4,9H2,1-2H3,(H,17,18). The molecule has 0 saturated heterocycles. The van der Waals surface area contributed by atoms with Crippen molar-refractivity contribution in [2.24, 2.45) is 0 Å². The van der Waals surface area contributed by atoms with Crippen LogP contribution in [-0.4, -0.2) is 35.5 Å². The van der Waals surface area contributed by atoms with Gasteiger partial charge in [0.1, 0.15) is 5.75 Å². The minimum absolute atomic E-state index is 0.410. The minimum Gasteiger partial charge on any atom is -0.494 e. The third-order valence-electron chi connectivity index (χ3n) is 2.69. The van der Waals surface area contributed by atoms with E-state index in [-0.39, 0.29) is 0 Å². The summed E-state index contributed by atoms with van der Waals surface area (Å²) in [6.45, 7) is 4.74. The van der Waals surface area contributed by atoms with Crippen LogP contribution in [0.3, 0.4) is 0 Å². The molecular formula is C14H19NO4. The molecule has 1 aromatic rings. The molecule has 104 valence electrons. The Kier molecular flexibility index (Phi) is 5.85. The third-order valence-corrected chi connectivity index (χ3v) is 2.69. The minimum atomic E-state index is -1.04. The zero-order chi connectivity index (χ0) is 14.3. The molecule has 0 aliphatic rings. The van der Waals surface area contributed by atoms with Gasteiger partial charge >= 0.3 is 5.97 Å². The monoisotopic (exact) mass is 265 g/mol. The maximum atomic E-state index is 11.4. The van der Waals surface area contributed by atoms with Crippen LogP contribution in [0.4, 0.5) is 0 Å². The quantitative estimate of drug-likeness (QED) is 0.731. The Labute approximate surface area is 112 Å². The fraction of sp³-hybridized carbons (Fsp3) is 0.429. The van der Waals surface area contributed by atoms with Crippen LogP contribution in [0.25, 0.3) is 0 Å². The molecule has 0 saturated carbocycles. The van der Waals surface area contributed by atoms with Crippen molar-refractivity contribution in [2.75, 3.05) is 13.2 Å². The van der Waals surface area contributed by atoms with Gasteiger partial charge in [-0.1, -0.05) is 19.1 Å². The lowest BCUT2D eigenvalue weighted by molar-refractivity contribution is -0.146. The Bertz CT molecular complexity index is 416. The number of carbonyl (C=O) groups excluding carboxylic acids is 1. The van der Waals surface area contributed by atoms with Crippen LogP contribution in [0, 0.1) is 0 Å². The first kappa shape index (κ1) is 15.0. The molecule has 0 aromatic heterocycles. The van der Waals surface area contributed by atoms with E-state index in [1.54, 1.807) is 24.3 Å². The molecule has 1 amide bonds. The molecule has 0 heterocycles. The van der Waals surface area contributed by atoms with Crippen molar-refractivity contribution in [1.82, 2.24) is 4.90 Å². The highest BCUT2D eigenvalue weighted by Crippen LogP contribution is 2.23. The summed E-state index contributed by atoms with van der Waals surface area (Å²) >= 11 is 0. The molecule has 1 aromatic carbocycles. The van der Waals surface area contributed by atoms with Crippen molar-refractivity contribution in [3.05, 3.63) is 29.8 Å². The van der Waals surface area contributed by atoms with E-state index in [0.29, 0.717) is 37.3 Å². The van der Waals surface area contributed by atoms with E-state index >= 15 is 0 Å². The van der Waals surface area contributed by atoms with Gasteiger partial charge in [0, 0.05) is 6.54 Å². The van der Waals surface area contributed by atoms with Gasteiger partial charge in [0.25, 0.3) is 0 Å². The molecular weight excluding hydrogens is 246 g/mol. The maximum Gasteiger partial charge on any atom is 0.331 e. The molecule has 5 nitrogen and oxygen atoms in total. The fourth-order valence-corrected chi connectivity index (χ4v) is 1.89. The average molecular weight is 265 g/mol. The van der Waals surface area contributed by atoms with Gasteiger partial charge in [-0.05, 0) is 31.0 Å². The maximum absolute atomic E-state index is 11.4. The second kappa shape index (κ2) is 7.41. The van der Waals surface area contributed by atoms with Gasteiger partial charge in [0.2, 0.25) is 6.41 Å². The van der Waals surface area contributed by atoms with E-state index in [0.717, 1.165) is 0 Å². The van der Waals surface area contributed by atoms with Crippen LogP contribution < -0.4 is 4.74 Å². The summed E-state index contributed by atoms with van der Waals surface area (Å²) in [5.41, 5.74) is 0.566. The summed E-state index contributed by atoms with van der Waals surface area (Å²) in [6, 6.07) is 5.83. The van der Waals surface area contributed by atoms with Crippen LogP contribution in [0.15, 0.2) is 24.3 Å². The molecule has 1 unspecified atom stereocenters. The fourth-order valence-electron chi connectivity index (χ4n) is 1.89. The van der Waals surface area contributed by atoms with E-state index < -0.39 is 12.0 Å². The van der Waals surface area contributed by atoms with Gasteiger partial charge in [0.15, 0.2) is 6.04 Å². The Hall–Kier alpha value is -2.04. The summed E-state index contributed by atoms with van der Waals surface area (Å²) in [5, 5.41) is 9.30. The summed E-state index contributed by atoms with van der Waals surface area (Å²) in [6.07, 6.45) is 1.29. The zero-order valence-electron chi connectivity index (χ0n) is 11.2. The Morgan fingerprint density at radius 1 is 1.37 bits per heavy atom. The van der Waals surface area contributed by atoms with Gasteiger partial charge in [-0.2, -0.15) is 0 Å². The van der Waals surface area contributed by atoms with Crippen LogP contribution >= 0.6 is 0 Å². The van der Waals surface area contributed by atoms with E-state index in [1.165, 1.54) is 4.90 Å². The molecule has 5 heteroatoms. The molecule has 0 radical (unpaired) electrons. The number of ether oxygens (including phenoxy) is 1. The van der Waals surface area contributed by atoms with Crippen LogP contribution in [0.2, 0.25) is 0 Å². The Balaban J connectivity index is 2.98. The van der Waals surface area contributed by atoms with Gasteiger partial charge in [-0.3, -0.25) is 4.79 Å². The highest BCUT2D eigenvalue weighted by Gasteiger charge is 2.25. The lowest BCUT2D eigenvalue weighted by Gasteiger charge is -2.24. The van der Waals surface area contributed by atoms with Gasteiger partial charge in [-0.15, -0.1) is 0 Å². The van der Waals surface area contributed by atoms with E-state index in [4.69, 9.17) is 4.74 Å². The van der Waals surface area contributed by atoms with Crippen molar-refractivity contribution in [3.63, 3.8) is 0 Å². The summed E-state index contributed by atoms with van der Waals surface area (Å²) in [7, 11) is 0. The van der Waals surface area contributed by atoms with Crippen LogP contribution in [0.1, 0.15) is 31.9 Å². The van der Waals surface area contributed by atoms with Crippen molar-refractivity contribution in [3.8, 4) is 5.75 Å². The second-order valence-corrected chi connectivity index (χ2v) is 4.09. The number of carbonyl (C=O) groups is 2. The van der Waals surface area contributed by atoms with Crippen LogP contribution in [-0.2, 0) is 9.59 Å². The van der Waals surface area contributed by atoms with Gasteiger partial charge in [-0.25, -0.2) is 4.79 Å². The largest absolute Gasteiger partial charge is 0.494 e. The number of nitrogens with zero attached hydrogens (tertiary/aromatic N) is 1. The molecule has 1 rings (SSSR count). The third kappa shape index (κ3) is 3.98. The number of hydrogen-bond donors (Lipinski definition) is 1. The van der Waals surface area contributed by atoms with Gasteiger partial charge in [0.05, 0.1) is 6.61 Å². The zero-order valence-corrected chi connectivity index (χ0v) is 11.2. The molecule has 1 N–H and O–H groups in total. The predicted octanol–water partition coefficient (Wildman–Crippen LogP) is 2.08. The van der Waals surface area contributed by atoms with Crippen molar-refractivity contribution < 1.29 is 19.4 Å². The number of benzene rings is 1. The molecule has 19 heavy (non-hydrogen) atoms. The summed E-state index contributed by atoms with van der Waals surface area (Å²) in [4.78, 5) is 23.7. The number of aliphatic carboxylic acids is 1. The lowest BCUT2D eigenvalue weighted by atomic mass is 10.1. The highest BCUT2D eigenvalue weighted by atomic mass is 16.5. The SMILES string of the molecule is CCCN(C=O)C(C(=O)O)c1ccc(OCC)cc1. The summed E-state index contributed by atoms with van der Waals surface area (Å²) in [5.74, 6) is -0.353. The molecule has 0 aliphatic heterocycles. The van der Waals surface area contributed by atoms with E-state index in [9.17, 15) is 14.7 Å². The van der Waals surface area contributed by atoms with Crippen molar-refractivity contribution >= 4 is 12.4 Å². The van der Waals surface area contributed by atoms with Crippen molar-refractivity contribution in [1.29, 1.82) is 0 Å². The molecule has 0 bridgehead atoms. The number of carboxylic acid groups (broad SMARTS) is 1. The second-order valence-electron chi connectivity index (χ2n) is 4.09. The lowest BCUT2D eigenvalue weighted by Crippen LogP contribution is -2.33. The van der Waals surface area contributed by atoms with E-state index in [2.05, 4.69) is 0 Å². The topological polar surface area (TPSA) is 66.8 Å². The predicted molar refractivity (Wildman–Crippen MR) is 71.0 cm³/mol. The molecule has 0 fully saturated rings. The summed E-state index contributed by atoms with van der Waals surface area (Å²) < 4.78 is 5.30. The normalized spacial score (nSPS) is 11.7. The molecule has 1 atom stereocenters. The smallest absolute Gasteiger partial charge is 0.331 e. The number of amides is 1. The first-order valence-electron chi connectivity index (χ1n) is 6.30. The first-order valence-corrected chi connectivity index (χ1v) is 6.30. The highest BCUT2D eigenvalue weighted by molar-refractivity contribution is 5.78.